The van der Waals surface area contributed by atoms with Gasteiger partial charge in [-0.15, -0.1) is 0 Å². The molecule has 142 valence electrons. The second-order valence-corrected chi connectivity index (χ2v) is 6.90. The van der Waals surface area contributed by atoms with Gasteiger partial charge in [0.15, 0.2) is 23.0 Å². The fourth-order valence-electron chi connectivity index (χ4n) is 3.68. The summed E-state index contributed by atoms with van der Waals surface area (Å²) in [5.41, 5.74) is 2.08. The topological polar surface area (TPSA) is 105 Å². The molecule has 2 heterocycles. The van der Waals surface area contributed by atoms with E-state index in [2.05, 4.69) is 32.2 Å². The van der Waals surface area contributed by atoms with Gasteiger partial charge in [0.25, 0.3) is 0 Å². The van der Waals surface area contributed by atoms with E-state index in [0.717, 1.165) is 17.5 Å². The van der Waals surface area contributed by atoms with Crippen LogP contribution in [-0.4, -0.2) is 51.4 Å². The minimum atomic E-state index is -0.279. The average molecular weight is 369 g/mol. The third-order valence-corrected chi connectivity index (χ3v) is 5.13. The van der Waals surface area contributed by atoms with Crippen molar-refractivity contribution in [2.24, 2.45) is 5.92 Å². The van der Waals surface area contributed by atoms with Crippen LogP contribution in [0.3, 0.4) is 0 Å². The van der Waals surface area contributed by atoms with Crippen molar-refractivity contribution in [2.45, 2.75) is 31.9 Å². The molecule has 0 spiro atoms. The van der Waals surface area contributed by atoms with Crippen LogP contribution in [0.15, 0.2) is 24.5 Å². The number of aliphatic hydroxyl groups is 1. The zero-order chi connectivity index (χ0) is 19.0. The molecule has 3 N–H and O–H groups in total. The van der Waals surface area contributed by atoms with Crippen LogP contribution in [0.4, 0.5) is 5.82 Å². The first-order chi connectivity index (χ1) is 13.1. The number of para-hydroxylation sites is 1. The highest BCUT2D eigenvalue weighted by atomic mass is 16.5. The number of methoxy groups -OCH3 is 2. The Bertz CT molecular complexity index is 948. The second kappa shape index (κ2) is 7.03. The van der Waals surface area contributed by atoms with Crippen LogP contribution >= 0.6 is 0 Å². The predicted octanol–water partition coefficient (Wildman–Crippen LogP) is 2.61. The zero-order valence-electron chi connectivity index (χ0n) is 15.6. The van der Waals surface area contributed by atoms with Gasteiger partial charge in [0, 0.05) is 6.04 Å². The lowest BCUT2D eigenvalue weighted by atomic mass is 10.1. The third kappa shape index (κ3) is 3.16. The van der Waals surface area contributed by atoms with E-state index in [-0.39, 0.29) is 18.1 Å². The summed E-state index contributed by atoms with van der Waals surface area (Å²) in [4.78, 5) is 16.6. The Kier molecular flexibility index (Phi) is 4.57. The quantitative estimate of drug-likeness (QED) is 0.635. The molecule has 0 saturated heterocycles. The molecule has 0 amide bonds. The third-order valence-electron chi connectivity index (χ3n) is 5.13. The van der Waals surface area contributed by atoms with E-state index in [9.17, 15) is 5.11 Å². The van der Waals surface area contributed by atoms with Gasteiger partial charge in [0.05, 0.1) is 25.9 Å². The summed E-state index contributed by atoms with van der Waals surface area (Å²) in [7, 11) is 3.20. The molecule has 1 aromatic carbocycles. The van der Waals surface area contributed by atoms with Crippen LogP contribution in [0.1, 0.15) is 19.8 Å². The predicted molar refractivity (Wildman–Crippen MR) is 102 cm³/mol. The lowest BCUT2D eigenvalue weighted by Crippen LogP contribution is -2.17. The molecular formula is C19H23N5O3. The first-order valence-corrected chi connectivity index (χ1v) is 8.97. The van der Waals surface area contributed by atoms with Crippen LogP contribution in [0.5, 0.6) is 11.5 Å². The van der Waals surface area contributed by atoms with Gasteiger partial charge in [0.1, 0.15) is 17.7 Å². The lowest BCUT2D eigenvalue weighted by molar-refractivity contribution is 0.141. The Balaban J connectivity index is 1.72. The number of hydrogen-bond donors (Lipinski definition) is 3. The molecule has 0 radical (unpaired) electrons. The Morgan fingerprint density at radius 3 is 2.74 bits per heavy atom. The first kappa shape index (κ1) is 17.5. The number of hydrogen-bond acceptors (Lipinski definition) is 7. The highest BCUT2D eigenvalue weighted by molar-refractivity contribution is 5.86. The normalized spacial score (nSPS) is 22.1. The highest BCUT2D eigenvalue weighted by Gasteiger charge is 2.30. The van der Waals surface area contributed by atoms with E-state index < -0.39 is 0 Å². The second-order valence-electron chi connectivity index (χ2n) is 6.90. The van der Waals surface area contributed by atoms with Gasteiger partial charge in [-0.25, -0.2) is 15.0 Å². The molecule has 27 heavy (non-hydrogen) atoms. The molecular weight excluding hydrogens is 346 g/mol. The number of imidazole rings is 1. The summed E-state index contributed by atoms with van der Waals surface area (Å²) < 4.78 is 10.9. The number of nitrogens with zero attached hydrogens (tertiary/aromatic N) is 3. The lowest BCUT2D eigenvalue weighted by Gasteiger charge is -2.13. The van der Waals surface area contributed by atoms with Crippen molar-refractivity contribution in [1.82, 2.24) is 19.9 Å². The fraction of sp³-hybridized carbons (Fsp3) is 0.421. The molecule has 1 aliphatic rings. The van der Waals surface area contributed by atoms with E-state index in [0.29, 0.717) is 35.2 Å². The van der Waals surface area contributed by atoms with Crippen molar-refractivity contribution in [1.29, 1.82) is 0 Å². The summed E-state index contributed by atoms with van der Waals surface area (Å²) in [6.07, 6.45) is 2.82. The van der Waals surface area contributed by atoms with Crippen LogP contribution < -0.4 is 14.8 Å². The summed E-state index contributed by atoms with van der Waals surface area (Å²) in [5, 5.41) is 13.4. The van der Waals surface area contributed by atoms with Crippen LogP contribution in [0.2, 0.25) is 0 Å². The van der Waals surface area contributed by atoms with Crippen LogP contribution in [0.25, 0.3) is 22.6 Å². The van der Waals surface area contributed by atoms with Crippen molar-refractivity contribution < 1.29 is 14.6 Å². The Hall–Kier alpha value is -2.87. The van der Waals surface area contributed by atoms with E-state index in [4.69, 9.17) is 9.47 Å². The minimum Gasteiger partial charge on any atom is -0.493 e. The van der Waals surface area contributed by atoms with Gasteiger partial charge in [-0.05, 0) is 30.9 Å². The summed E-state index contributed by atoms with van der Waals surface area (Å²) in [6.45, 7) is 2.06. The molecule has 0 bridgehead atoms. The number of aliphatic hydroxyl groups excluding tert-OH is 1. The van der Waals surface area contributed by atoms with Gasteiger partial charge in [-0.2, -0.15) is 0 Å². The van der Waals surface area contributed by atoms with Crippen molar-refractivity contribution in [3.8, 4) is 22.9 Å². The molecule has 8 nitrogen and oxygen atoms in total. The van der Waals surface area contributed by atoms with Gasteiger partial charge in [-0.1, -0.05) is 13.0 Å². The van der Waals surface area contributed by atoms with E-state index in [1.54, 1.807) is 14.2 Å². The monoisotopic (exact) mass is 369 g/mol. The Morgan fingerprint density at radius 2 is 2.04 bits per heavy atom. The maximum atomic E-state index is 10.0. The van der Waals surface area contributed by atoms with Crippen molar-refractivity contribution in [3.05, 3.63) is 24.5 Å². The number of H-pyrrole nitrogens is 1. The molecule has 8 heteroatoms. The largest absolute Gasteiger partial charge is 0.493 e. The number of rotatable bonds is 5. The van der Waals surface area contributed by atoms with E-state index >= 15 is 0 Å². The molecule has 0 aliphatic heterocycles. The molecule has 3 atom stereocenters. The fourth-order valence-corrected chi connectivity index (χ4v) is 3.68. The van der Waals surface area contributed by atoms with Gasteiger partial charge < -0.3 is 24.9 Å². The number of anilines is 1. The van der Waals surface area contributed by atoms with Crippen molar-refractivity contribution in [3.63, 3.8) is 0 Å². The standard InChI is InChI=1S/C19H23N5O3/c1-10-7-11(8-13(10)25)22-18-15-19(21-9-20-18)24-17(23-15)12-5-4-6-14(26-2)16(12)27-3/h4-6,9-11,13,25H,7-8H2,1-3H3,(H2,20,21,22,23,24)/t10-,11+,13-/m0/s1. The van der Waals surface area contributed by atoms with E-state index in [1.165, 1.54) is 6.33 Å². The molecule has 1 saturated carbocycles. The van der Waals surface area contributed by atoms with Gasteiger partial charge in [0.2, 0.25) is 0 Å². The summed E-state index contributed by atoms with van der Waals surface area (Å²) in [6, 6.07) is 5.81. The number of nitrogens with one attached hydrogen (secondary N) is 2. The highest BCUT2D eigenvalue weighted by Crippen LogP contribution is 2.37. The molecule has 0 unspecified atom stereocenters. The number of fused-ring (bicyclic) bond motifs is 1. The van der Waals surface area contributed by atoms with Gasteiger partial charge in [-0.3, -0.25) is 0 Å². The SMILES string of the molecule is COc1cccc(-c2nc3ncnc(N[C@@H]4C[C@H](C)[C@@H](O)C4)c3[nH]2)c1OC. The van der Waals surface area contributed by atoms with Crippen LogP contribution in [-0.2, 0) is 0 Å². The number of aromatic amines is 1. The number of benzene rings is 1. The maximum absolute atomic E-state index is 10.0. The zero-order valence-corrected chi connectivity index (χ0v) is 15.6. The summed E-state index contributed by atoms with van der Waals surface area (Å²) in [5.74, 6) is 2.83. The first-order valence-electron chi connectivity index (χ1n) is 8.97. The van der Waals surface area contributed by atoms with Crippen molar-refractivity contribution in [2.75, 3.05) is 19.5 Å². The van der Waals surface area contributed by atoms with Crippen LogP contribution in [0, 0.1) is 5.92 Å². The molecule has 1 fully saturated rings. The minimum absolute atomic E-state index is 0.172. The number of ether oxygens (including phenoxy) is 2. The smallest absolute Gasteiger partial charge is 0.183 e. The maximum Gasteiger partial charge on any atom is 0.183 e. The number of aromatic nitrogens is 4. The molecule has 2 aromatic heterocycles. The molecule has 4 rings (SSSR count). The average Bonchev–Trinajstić information content (AvgIpc) is 3.24. The molecule has 3 aromatic rings. The van der Waals surface area contributed by atoms with E-state index in [1.807, 2.05) is 18.2 Å². The van der Waals surface area contributed by atoms with Crippen molar-refractivity contribution >= 4 is 17.0 Å². The Morgan fingerprint density at radius 1 is 1.19 bits per heavy atom. The Labute approximate surface area is 157 Å². The molecule has 1 aliphatic carbocycles. The summed E-state index contributed by atoms with van der Waals surface area (Å²) >= 11 is 0. The van der Waals surface area contributed by atoms with Gasteiger partial charge >= 0.3 is 0 Å².